The average Bonchev–Trinajstić information content (AvgIpc) is 2.32. The van der Waals surface area contributed by atoms with Crippen molar-refractivity contribution in [3.8, 4) is 11.5 Å². The molecule has 4 heteroatoms. The molecule has 3 nitrogen and oxygen atoms in total. The number of halogens is 1. The molecule has 1 aromatic heterocycles. The molecule has 0 spiro atoms. The Labute approximate surface area is 105 Å². The Morgan fingerprint density at radius 3 is 2.65 bits per heavy atom. The third kappa shape index (κ3) is 3.64. The van der Waals surface area contributed by atoms with Crippen molar-refractivity contribution in [1.29, 1.82) is 0 Å². The molecule has 88 valence electrons. The van der Waals surface area contributed by atoms with Crippen LogP contribution in [0.1, 0.15) is 0 Å². The summed E-state index contributed by atoms with van der Waals surface area (Å²) in [6, 6.07) is 10.7. The lowest BCUT2D eigenvalue weighted by Crippen LogP contribution is -2.35. The van der Waals surface area contributed by atoms with E-state index in [-0.39, 0.29) is 5.75 Å². The molecule has 0 aliphatic heterocycles. The number of hydrogen-bond acceptors (Lipinski definition) is 2. The number of nitrogens with zero attached hydrogens (tertiary/aromatic N) is 1. The zero-order valence-electron chi connectivity index (χ0n) is 9.21. The van der Waals surface area contributed by atoms with Gasteiger partial charge in [0.1, 0.15) is 12.4 Å². The van der Waals surface area contributed by atoms with E-state index in [9.17, 15) is 5.11 Å². The third-order valence-corrected chi connectivity index (χ3v) is 2.53. The van der Waals surface area contributed by atoms with E-state index in [0.29, 0.717) is 18.2 Å². The molecule has 2 rings (SSSR count). The van der Waals surface area contributed by atoms with E-state index in [2.05, 4.69) is 0 Å². The van der Waals surface area contributed by atoms with Gasteiger partial charge in [-0.1, -0.05) is 11.6 Å². The van der Waals surface area contributed by atoms with Gasteiger partial charge in [-0.2, -0.15) is 4.57 Å². The summed E-state index contributed by atoms with van der Waals surface area (Å²) in [5.41, 5.74) is 0. The molecule has 0 radical (unpaired) electrons. The molecule has 17 heavy (non-hydrogen) atoms. The Balaban J connectivity index is 1.85. The molecule has 1 aromatic carbocycles. The molecule has 2 aromatic rings. The first-order valence-electron chi connectivity index (χ1n) is 5.30. The minimum Gasteiger partial charge on any atom is -0.503 e. The summed E-state index contributed by atoms with van der Waals surface area (Å²) in [6.07, 6.45) is 3.54. The van der Waals surface area contributed by atoms with Crippen LogP contribution < -0.4 is 9.30 Å². The van der Waals surface area contributed by atoms with Gasteiger partial charge in [0.15, 0.2) is 18.5 Å². The van der Waals surface area contributed by atoms with E-state index in [1.807, 2.05) is 22.9 Å². The van der Waals surface area contributed by atoms with Crippen molar-refractivity contribution in [3.63, 3.8) is 0 Å². The molecule has 0 saturated heterocycles. The first kappa shape index (κ1) is 11.7. The number of benzene rings is 1. The number of rotatable bonds is 4. The number of hydrogen-bond donors (Lipinski definition) is 1. The first-order chi connectivity index (χ1) is 8.24. The highest BCUT2D eigenvalue weighted by Crippen LogP contribution is 2.15. The quantitative estimate of drug-likeness (QED) is 0.846. The molecule has 1 N–H and O–H groups in total. The molecule has 0 aliphatic rings. The van der Waals surface area contributed by atoms with E-state index >= 15 is 0 Å². The van der Waals surface area contributed by atoms with E-state index in [0.717, 1.165) is 5.75 Å². The lowest BCUT2D eigenvalue weighted by molar-refractivity contribution is -0.697. The number of aromatic hydroxyl groups is 1. The molecule has 0 atom stereocenters. The molecule has 0 fully saturated rings. The van der Waals surface area contributed by atoms with Gasteiger partial charge in [0, 0.05) is 11.1 Å². The minimum absolute atomic E-state index is 0.249. The van der Waals surface area contributed by atoms with E-state index in [4.69, 9.17) is 16.3 Å². The second-order valence-electron chi connectivity index (χ2n) is 3.60. The van der Waals surface area contributed by atoms with Crippen molar-refractivity contribution >= 4 is 11.6 Å². The molecule has 0 amide bonds. The zero-order valence-corrected chi connectivity index (χ0v) is 9.97. The van der Waals surface area contributed by atoms with Gasteiger partial charge in [0.2, 0.25) is 6.20 Å². The SMILES string of the molecule is Oc1ccc[n+](CCOc2ccc(Cl)cc2)c1. The van der Waals surface area contributed by atoms with Gasteiger partial charge in [-0.15, -0.1) is 0 Å². The average molecular weight is 251 g/mol. The highest BCUT2D eigenvalue weighted by atomic mass is 35.5. The molecule has 1 heterocycles. The van der Waals surface area contributed by atoms with Crippen molar-refractivity contribution in [1.82, 2.24) is 0 Å². The largest absolute Gasteiger partial charge is 0.503 e. The maximum atomic E-state index is 9.28. The summed E-state index contributed by atoms with van der Waals surface area (Å²) in [7, 11) is 0. The predicted octanol–water partition coefficient (Wildman–Crippen LogP) is 2.41. The van der Waals surface area contributed by atoms with Crippen LogP contribution in [0.25, 0.3) is 0 Å². The first-order valence-corrected chi connectivity index (χ1v) is 5.68. The van der Waals surface area contributed by atoms with Crippen LogP contribution in [0.15, 0.2) is 48.8 Å². The van der Waals surface area contributed by atoms with Crippen molar-refractivity contribution in [2.45, 2.75) is 6.54 Å². The summed E-state index contributed by atoms with van der Waals surface area (Å²) in [4.78, 5) is 0. The molecular formula is C13H13ClNO2+. The van der Waals surface area contributed by atoms with Gasteiger partial charge in [0.25, 0.3) is 0 Å². The van der Waals surface area contributed by atoms with E-state index < -0.39 is 0 Å². The minimum atomic E-state index is 0.249. The highest BCUT2D eigenvalue weighted by molar-refractivity contribution is 6.30. The van der Waals surface area contributed by atoms with Crippen molar-refractivity contribution in [3.05, 3.63) is 53.8 Å². The monoisotopic (exact) mass is 250 g/mol. The second kappa shape index (κ2) is 5.55. The van der Waals surface area contributed by atoms with Crippen LogP contribution in [0.5, 0.6) is 11.5 Å². The van der Waals surface area contributed by atoms with Crippen LogP contribution in [-0.4, -0.2) is 11.7 Å². The predicted molar refractivity (Wildman–Crippen MR) is 65.2 cm³/mol. The Bertz CT molecular complexity index is 485. The molecule has 0 saturated carbocycles. The lowest BCUT2D eigenvalue weighted by atomic mass is 10.3. The van der Waals surface area contributed by atoms with Gasteiger partial charge in [-0.3, -0.25) is 0 Å². The Morgan fingerprint density at radius 1 is 1.18 bits per heavy atom. The lowest BCUT2D eigenvalue weighted by Gasteiger charge is -2.03. The Morgan fingerprint density at radius 2 is 1.94 bits per heavy atom. The molecular weight excluding hydrogens is 238 g/mol. The highest BCUT2D eigenvalue weighted by Gasteiger charge is 2.02. The maximum absolute atomic E-state index is 9.28. The summed E-state index contributed by atoms with van der Waals surface area (Å²) in [5, 5.41) is 9.98. The molecule has 0 bridgehead atoms. The maximum Gasteiger partial charge on any atom is 0.211 e. The van der Waals surface area contributed by atoms with Crippen LogP contribution in [0.4, 0.5) is 0 Å². The van der Waals surface area contributed by atoms with Crippen LogP contribution in [0, 0.1) is 0 Å². The molecule has 0 aliphatic carbocycles. The Kier molecular flexibility index (Phi) is 3.83. The fourth-order valence-electron chi connectivity index (χ4n) is 1.45. The second-order valence-corrected chi connectivity index (χ2v) is 4.04. The summed E-state index contributed by atoms with van der Waals surface area (Å²) in [6.45, 7) is 1.22. The van der Waals surface area contributed by atoms with E-state index in [1.165, 1.54) is 0 Å². The van der Waals surface area contributed by atoms with Gasteiger partial charge in [-0.25, -0.2) is 0 Å². The third-order valence-electron chi connectivity index (χ3n) is 2.27. The van der Waals surface area contributed by atoms with Crippen molar-refractivity contribution in [2.75, 3.05) is 6.61 Å². The standard InChI is InChI=1S/C13H12ClNO2/c14-11-3-5-13(6-4-11)17-9-8-15-7-1-2-12(16)10-15/h1-7,10H,8-9H2/p+1. The number of aromatic nitrogens is 1. The number of pyridine rings is 1. The van der Waals surface area contributed by atoms with Crippen LogP contribution >= 0.6 is 11.6 Å². The zero-order chi connectivity index (χ0) is 12.1. The Hall–Kier alpha value is -1.74. The van der Waals surface area contributed by atoms with Crippen molar-refractivity contribution in [2.24, 2.45) is 0 Å². The van der Waals surface area contributed by atoms with Gasteiger partial charge < -0.3 is 9.84 Å². The van der Waals surface area contributed by atoms with Crippen LogP contribution in [0.2, 0.25) is 5.02 Å². The fraction of sp³-hybridized carbons (Fsp3) is 0.154. The smallest absolute Gasteiger partial charge is 0.211 e. The topological polar surface area (TPSA) is 33.3 Å². The fourth-order valence-corrected chi connectivity index (χ4v) is 1.57. The summed E-state index contributed by atoms with van der Waals surface area (Å²) in [5.74, 6) is 1.04. The van der Waals surface area contributed by atoms with Crippen LogP contribution in [-0.2, 0) is 6.54 Å². The van der Waals surface area contributed by atoms with Gasteiger partial charge in [0.05, 0.1) is 0 Å². The van der Waals surface area contributed by atoms with E-state index in [1.54, 1.807) is 30.5 Å². The molecule has 0 unspecified atom stereocenters. The number of ether oxygens (including phenoxy) is 1. The summed E-state index contributed by atoms with van der Waals surface area (Å²) < 4.78 is 7.41. The van der Waals surface area contributed by atoms with Crippen LogP contribution in [0.3, 0.4) is 0 Å². The summed E-state index contributed by atoms with van der Waals surface area (Å²) >= 11 is 5.77. The van der Waals surface area contributed by atoms with Gasteiger partial charge in [-0.05, 0) is 30.3 Å². The normalized spacial score (nSPS) is 10.2. The van der Waals surface area contributed by atoms with Gasteiger partial charge >= 0.3 is 0 Å². The van der Waals surface area contributed by atoms with Crippen molar-refractivity contribution < 1.29 is 14.4 Å².